The molecule has 0 unspecified atom stereocenters. The van der Waals surface area contributed by atoms with Gasteiger partial charge >= 0.3 is 0 Å². The van der Waals surface area contributed by atoms with Crippen molar-refractivity contribution in [3.8, 4) is 11.4 Å². The van der Waals surface area contributed by atoms with E-state index in [0.717, 1.165) is 28.0 Å². The van der Waals surface area contributed by atoms with Crippen LogP contribution in [0.2, 0.25) is 0 Å². The van der Waals surface area contributed by atoms with Gasteiger partial charge in [0.1, 0.15) is 5.82 Å². The Morgan fingerprint density at radius 1 is 0.852 bits per heavy atom. The summed E-state index contributed by atoms with van der Waals surface area (Å²) in [6, 6.07) is 24.0. The van der Waals surface area contributed by atoms with Gasteiger partial charge in [0.25, 0.3) is 5.69 Å². The summed E-state index contributed by atoms with van der Waals surface area (Å²) >= 11 is 0. The summed E-state index contributed by atoms with van der Waals surface area (Å²) in [4.78, 5) is 21.9. The van der Waals surface area contributed by atoms with Crippen LogP contribution >= 0.6 is 0 Å². The first-order valence-corrected chi connectivity index (χ1v) is 8.44. The first-order valence-electron chi connectivity index (χ1n) is 8.44. The van der Waals surface area contributed by atoms with Gasteiger partial charge in [-0.05, 0) is 24.3 Å². The number of hydrogen-bond acceptors (Lipinski definition) is 5. The molecule has 0 N–H and O–H groups in total. The van der Waals surface area contributed by atoms with E-state index in [0.29, 0.717) is 5.82 Å². The van der Waals surface area contributed by atoms with Gasteiger partial charge in [-0.2, -0.15) is 0 Å². The molecule has 0 fully saturated rings. The highest BCUT2D eigenvalue weighted by Crippen LogP contribution is 2.31. The lowest BCUT2D eigenvalue weighted by Gasteiger charge is -2.20. The van der Waals surface area contributed by atoms with Crippen molar-refractivity contribution in [2.75, 3.05) is 11.9 Å². The van der Waals surface area contributed by atoms with Gasteiger partial charge in [0.15, 0.2) is 5.82 Å². The maximum absolute atomic E-state index is 10.9. The first kappa shape index (κ1) is 16.7. The number of nitrogens with zero attached hydrogens (tertiary/aromatic N) is 4. The number of non-ortho nitro benzene ring substituents is 1. The van der Waals surface area contributed by atoms with E-state index in [1.54, 1.807) is 12.1 Å². The van der Waals surface area contributed by atoms with Crippen molar-refractivity contribution in [2.24, 2.45) is 0 Å². The molecule has 4 rings (SSSR count). The van der Waals surface area contributed by atoms with Gasteiger partial charge in [-0.15, -0.1) is 0 Å². The molecule has 132 valence electrons. The summed E-state index contributed by atoms with van der Waals surface area (Å²) in [7, 11) is 1.89. The standard InChI is InChI=1S/C21H16N4O2/c1-24(16-11-13-17(14-12-16)25(26)27)21-18-9-5-6-10-19(18)22-20(23-21)15-7-3-2-4-8-15/h2-14H,1H3. The summed E-state index contributed by atoms with van der Waals surface area (Å²) in [6.07, 6.45) is 0. The average molecular weight is 356 g/mol. The summed E-state index contributed by atoms with van der Waals surface area (Å²) < 4.78 is 0. The van der Waals surface area contributed by atoms with Crippen LogP contribution < -0.4 is 4.90 Å². The molecule has 3 aromatic carbocycles. The van der Waals surface area contributed by atoms with Crippen molar-refractivity contribution in [1.29, 1.82) is 0 Å². The van der Waals surface area contributed by atoms with Gasteiger partial charge in [0.2, 0.25) is 0 Å². The number of anilines is 2. The first-order chi connectivity index (χ1) is 13.1. The predicted octanol–water partition coefficient (Wildman–Crippen LogP) is 4.97. The normalized spacial score (nSPS) is 10.7. The number of nitro benzene ring substituents is 1. The number of hydrogen-bond donors (Lipinski definition) is 0. The number of nitro groups is 1. The molecule has 0 aliphatic heterocycles. The van der Waals surface area contributed by atoms with E-state index in [4.69, 9.17) is 9.97 Å². The lowest BCUT2D eigenvalue weighted by molar-refractivity contribution is -0.384. The largest absolute Gasteiger partial charge is 0.329 e. The number of aromatic nitrogens is 2. The minimum absolute atomic E-state index is 0.0599. The van der Waals surface area contributed by atoms with E-state index in [9.17, 15) is 10.1 Å². The Kier molecular flexibility index (Phi) is 4.22. The number of fused-ring (bicyclic) bond motifs is 1. The third kappa shape index (κ3) is 3.20. The van der Waals surface area contributed by atoms with E-state index in [-0.39, 0.29) is 5.69 Å². The van der Waals surface area contributed by atoms with Crippen LogP contribution in [0.5, 0.6) is 0 Å². The van der Waals surface area contributed by atoms with Crippen LogP contribution in [0, 0.1) is 10.1 Å². The second-order valence-electron chi connectivity index (χ2n) is 6.09. The van der Waals surface area contributed by atoms with Gasteiger partial charge in [0.05, 0.1) is 10.4 Å². The van der Waals surface area contributed by atoms with E-state index >= 15 is 0 Å². The van der Waals surface area contributed by atoms with Crippen molar-refractivity contribution in [2.45, 2.75) is 0 Å². The lowest BCUT2D eigenvalue weighted by Crippen LogP contribution is -2.13. The zero-order valence-electron chi connectivity index (χ0n) is 14.6. The highest BCUT2D eigenvalue weighted by molar-refractivity contribution is 5.92. The van der Waals surface area contributed by atoms with Crippen molar-refractivity contribution in [3.63, 3.8) is 0 Å². The van der Waals surface area contributed by atoms with Gasteiger partial charge in [-0.1, -0.05) is 42.5 Å². The number of rotatable bonds is 4. The van der Waals surface area contributed by atoms with Crippen molar-refractivity contribution < 1.29 is 4.92 Å². The third-order valence-electron chi connectivity index (χ3n) is 4.38. The summed E-state index contributed by atoms with van der Waals surface area (Å²) in [5, 5.41) is 11.8. The fraction of sp³-hybridized carbons (Fsp3) is 0.0476. The monoisotopic (exact) mass is 356 g/mol. The third-order valence-corrected chi connectivity index (χ3v) is 4.38. The SMILES string of the molecule is CN(c1ccc([N+](=O)[O-])cc1)c1nc(-c2ccccc2)nc2ccccc12. The Morgan fingerprint density at radius 3 is 2.22 bits per heavy atom. The Balaban J connectivity index is 1.85. The molecule has 0 aliphatic rings. The van der Waals surface area contributed by atoms with Gasteiger partial charge in [-0.25, -0.2) is 9.97 Å². The molecule has 27 heavy (non-hydrogen) atoms. The Labute approximate surface area is 155 Å². The maximum Gasteiger partial charge on any atom is 0.269 e. The molecule has 0 aliphatic carbocycles. The van der Waals surface area contributed by atoms with E-state index < -0.39 is 4.92 Å². The van der Waals surface area contributed by atoms with Crippen LogP contribution in [0.15, 0.2) is 78.9 Å². The smallest absolute Gasteiger partial charge is 0.269 e. The Bertz CT molecular complexity index is 1110. The highest BCUT2D eigenvalue weighted by atomic mass is 16.6. The van der Waals surface area contributed by atoms with Crippen LogP contribution in [-0.2, 0) is 0 Å². The summed E-state index contributed by atoms with van der Waals surface area (Å²) in [5.41, 5.74) is 2.64. The molecule has 0 spiro atoms. The number of benzene rings is 3. The Morgan fingerprint density at radius 2 is 1.52 bits per heavy atom. The molecule has 4 aromatic rings. The molecule has 1 heterocycles. The second kappa shape index (κ2) is 6.84. The minimum atomic E-state index is -0.405. The number of para-hydroxylation sites is 1. The molecule has 0 amide bonds. The molecule has 0 bridgehead atoms. The van der Waals surface area contributed by atoms with Crippen LogP contribution in [0.3, 0.4) is 0 Å². The molecular formula is C21H16N4O2. The highest BCUT2D eigenvalue weighted by Gasteiger charge is 2.15. The van der Waals surface area contributed by atoms with Crippen LogP contribution in [0.25, 0.3) is 22.3 Å². The van der Waals surface area contributed by atoms with Gasteiger partial charge in [-0.3, -0.25) is 10.1 Å². The second-order valence-corrected chi connectivity index (χ2v) is 6.09. The molecule has 6 nitrogen and oxygen atoms in total. The average Bonchev–Trinajstić information content (AvgIpc) is 2.73. The van der Waals surface area contributed by atoms with Crippen LogP contribution in [0.1, 0.15) is 0 Å². The fourth-order valence-electron chi connectivity index (χ4n) is 2.95. The van der Waals surface area contributed by atoms with Crippen molar-refractivity contribution in [3.05, 3.63) is 89.0 Å². The fourth-order valence-corrected chi connectivity index (χ4v) is 2.95. The van der Waals surface area contributed by atoms with Gasteiger partial charge < -0.3 is 4.90 Å². The van der Waals surface area contributed by atoms with Crippen molar-refractivity contribution in [1.82, 2.24) is 9.97 Å². The molecule has 0 saturated heterocycles. The van der Waals surface area contributed by atoms with Crippen molar-refractivity contribution >= 4 is 28.1 Å². The van der Waals surface area contributed by atoms with E-state index in [1.807, 2.05) is 66.5 Å². The molecule has 0 atom stereocenters. The Hall–Kier alpha value is -3.80. The topological polar surface area (TPSA) is 72.2 Å². The van der Waals surface area contributed by atoms with Crippen LogP contribution in [0.4, 0.5) is 17.2 Å². The maximum atomic E-state index is 10.9. The predicted molar refractivity (Wildman–Crippen MR) is 106 cm³/mol. The van der Waals surface area contributed by atoms with Gasteiger partial charge in [0, 0.05) is 35.8 Å². The molecule has 1 aromatic heterocycles. The van der Waals surface area contributed by atoms with E-state index in [1.165, 1.54) is 12.1 Å². The lowest BCUT2D eigenvalue weighted by atomic mass is 10.1. The zero-order chi connectivity index (χ0) is 18.8. The molecule has 0 radical (unpaired) electrons. The van der Waals surface area contributed by atoms with E-state index in [2.05, 4.69) is 0 Å². The molecular weight excluding hydrogens is 340 g/mol. The summed E-state index contributed by atoms with van der Waals surface area (Å²) in [6.45, 7) is 0. The van der Waals surface area contributed by atoms with Crippen LogP contribution in [-0.4, -0.2) is 21.9 Å². The molecule has 6 heteroatoms. The molecule has 0 saturated carbocycles. The quantitative estimate of drug-likeness (QED) is 0.381. The zero-order valence-corrected chi connectivity index (χ0v) is 14.6. The minimum Gasteiger partial charge on any atom is -0.329 e. The summed E-state index contributed by atoms with van der Waals surface area (Å²) in [5.74, 6) is 1.38.